The normalized spacial score (nSPS) is 12.0. The highest BCUT2D eigenvalue weighted by molar-refractivity contribution is 4.73. The second-order valence-electron chi connectivity index (χ2n) is 9.41. The van der Waals surface area contributed by atoms with Crippen molar-refractivity contribution in [2.24, 2.45) is 11.5 Å². The Balaban J connectivity index is 3.05. The molecule has 4 N–H and O–H groups in total. The Morgan fingerprint density at radius 1 is 0.393 bits per heavy atom. The number of hydrogen-bond acceptors (Lipinski definition) is 2. The minimum atomic E-state index is -0.423. The van der Waals surface area contributed by atoms with E-state index in [0.29, 0.717) is 0 Å². The third kappa shape index (κ3) is 22.2. The monoisotopic (exact) mass is 396 g/mol. The van der Waals surface area contributed by atoms with Gasteiger partial charge in [0.1, 0.15) is 0 Å². The summed E-state index contributed by atoms with van der Waals surface area (Å²) in [5.41, 5.74) is 11.5. The Kier molecular flexibility index (Phi) is 21.6. The fraction of sp³-hybridized carbons (Fsp3) is 1.00. The Bertz CT molecular complexity index is 288. The fourth-order valence-electron chi connectivity index (χ4n) is 4.06. The smallest absolute Gasteiger partial charge is 0.0633 e. The number of unbranched alkanes of at least 4 members (excludes halogenated alkanes) is 20. The summed E-state index contributed by atoms with van der Waals surface area (Å²) in [7, 11) is 0. The molecule has 0 heterocycles. The third-order valence-electron chi connectivity index (χ3n) is 6.40. The molecule has 0 saturated carbocycles. The van der Waals surface area contributed by atoms with Crippen LogP contribution in [0.3, 0.4) is 0 Å². The molecule has 170 valence electrons. The van der Waals surface area contributed by atoms with Gasteiger partial charge >= 0.3 is 0 Å². The van der Waals surface area contributed by atoms with Crippen LogP contribution in [0, 0.1) is 0 Å². The molecule has 0 saturated heterocycles. The van der Waals surface area contributed by atoms with E-state index in [1.54, 1.807) is 0 Å². The second kappa shape index (κ2) is 21.6. The van der Waals surface area contributed by atoms with E-state index in [2.05, 4.69) is 13.8 Å². The van der Waals surface area contributed by atoms with Crippen molar-refractivity contribution in [3.05, 3.63) is 0 Å². The van der Waals surface area contributed by atoms with E-state index >= 15 is 0 Å². The van der Waals surface area contributed by atoms with Crippen molar-refractivity contribution in [3.8, 4) is 0 Å². The van der Waals surface area contributed by atoms with Crippen LogP contribution < -0.4 is 11.5 Å². The van der Waals surface area contributed by atoms with Crippen molar-refractivity contribution < 1.29 is 0 Å². The highest BCUT2D eigenvalue weighted by Gasteiger charge is 2.14. The van der Waals surface area contributed by atoms with Crippen LogP contribution in [0.25, 0.3) is 0 Å². The lowest BCUT2D eigenvalue weighted by Gasteiger charge is -2.22. The minimum Gasteiger partial charge on any atom is -0.314 e. The maximum Gasteiger partial charge on any atom is 0.0633 e. The van der Waals surface area contributed by atoms with E-state index in [1.807, 2.05) is 0 Å². The zero-order valence-electron chi connectivity index (χ0n) is 19.9. The van der Waals surface area contributed by atoms with Crippen molar-refractivity contribution in [2.45, 2.75) is 167 Å². The molecule has 0 fully saturated rings. The molecule has 0 atom stereocenters. The van der Waals surface area contributed by atoms with Gasteiger partial charge in [0.15, 0.2) is 0 Å². The minimum absolute atomic E-state index is 0.423. The van der Waals surface area contributed by atoms with Crippen LogP contribution in [0.1, 0.15) is 162 Å². The standard InChI is InChI=1S/C26H56N2/c1-3-5-6-7-8-9-10-11-12-13-14-15-16-17-18-19-20-21-22-23-24-25-26(27,28)4-2/h3-25,27-28H2,1-2H3. The van der Waals surface area contributed by atoms with Gasteiger partial charge in [-0.05, 0) is 12.8 Å². The van der Waals surface area contributed by atoms with E-state index in [-0.39, 0.29) is 0 Å². The first-order valence-electron chi connectivity index (χ1n) is 13.2. The first kappa shape index (κ1) is 27.9. The molecule has 0 aromatic heterocycles. The number of hydrogen-bond donors (Lipinski definition) is 2. The average molecular weight is 397 g/mol. The summed E-state index contributed by atoms with van der Waals surface area (Å²) in [5, 5.41) is 0. The van der Waals surface area contributed by atoms with E-state index in [1.165, 1.54) is 135 Å². The van der Waals surface area contributed by atoms with Gasteiger partial charge in [-0.25, -0.2) is 0 Å². The van der Waals surface area contributed by atoms with E-state index in [9.17, 15) is 0 Å². The molecule has 0 aliphatic carbocycles. The van der Waals surface area contributed by atoms with Crippen LogP contribution in [0.2, 0.25) is 0 Å². The third-order valence-corrected chi connectivity index (χ3v) is 6.40. The first-order valence-corrected chi connectivity index (χ1v) is 13.2. The lowest BCUT2D eigenvalue weighted by molar-refractivity contribution is 0.374. The molecule has 0 aliphatic rings. The first-order chi connectivity index (χ1) is 13.6. The van der Waals surface area contributed by atoms with Crippen LogP contribution in [0.4, 0.5) is 0 Å². The number of rotatable bonds is 23. The van der Waals surface area contributed by atoms with Crippen molar-refractivity contribution in [1.82, 2.24) is 0 Å². The quantitative estimate of drug-likeness (QED) is 0.134. The van der Waals surface area contributed by atoms with E-state index in [0.717, 1.165) is 12.8 Å². The highest BCUT2D eigenvalue weighted by Crippen LogP contribution is 2.16. The van der Waals surface area contributed by atoms with Crippen molar-refractivity contribution >= 4 is 0 Å². The van der Waals surface area contributed by atoms with E-state index < -0.39 is 5.66 Å². The molecule has 0 bridgehead atoms. The molecular weight excluding hydrogens is 340 g/mol. The predicted molar refractivity (Wildman–Crippen MR) is 129 cm³/mol. The topological polar surface area (TPSA) is 52.0 Å². The molecule has 2 heteroatoms. The van der Waals surface area contributed by atoms with Gasteiger partial charge in [-0.3, -0.25) is 0 Å². The molecule has 0 radical (unpaired) electrons. The second-order valence-corrected chi connectivity index (χ2v) is 9.41. The summed E-state index contributed by atoms with van der Waals surface area (Å²) >= 11 is 0. The molecule has 0 aromatic carbocycles. The lowest BCUT2D eigenvalue weighted by atomic mass is 9.99. The summed E-state index contributed by atoms with van der Waals surface area (Å²) < 4.78 is 0. The van der Waals surface area contributed by atoms with Crippen LogP contribution in [0.15, 0.2) is 0 Å². The highest BCUT2D eigenvalue weighted by atomic mass is 14.9. The zero-order chi connectivity index (χ0) is 20.8. The fourth-order valence-corrected chi connectivity index (χ4v) is 4.06. The maximum atomic E-state index is 5.98. The van der Waals surface area contributed by atoms with Crippen LogP contribution in [-0.4, -0.2) is 5.66 Å². The summed E-state index contributed by atoms with van der Waals surface area (Å²) in [6.07, 6.45) is 31.8. The Morgan fingerprint density at radius 3 is 0.893 bits per heavy atom. The molecular formula is C26H56N2. The molecule has 0 aliphatic heterocycles. The van der Waals surface area contributed by atoms with Gasteiger partial charge in [-0.1, -0.05) is 149 Å². The SMILES string of the molecule is CCCCCCCCCCCCCCCCCCCCCCCC(N)(N)CC. The van der Waals surface area contributed by atoms with E-state index in [4.69, 9.17) is 11.5 Å². The van der Waals surface area contributed by atoms with Gasteiger partial charge in [0, 0.05) is 0 Å². The summed E-state index contributed by atoms with van der Waals surface area (Å²) in [5.74, 6) is 0. The van der Waals surface area contributed by atoms with Crippen LogP contribution in [-0.2, 0) is 0 Å². The predicted octanol–water partition coefficient (Wildman–Crippen LogP) is 8.61. The Labute approximate surface area is 179 Å². The Hall–Kier alpha value is -0.0800. The van der Waals surface area contributed by atoms with Gasteiger partial charge < -0.3 is 11.5 Å². The van der Waals surface area contributed by atoms with Crippen molar-refractivity contribution in [2.75, 3.05) is 0 Å². The van der Waals surface area contributed by atoms with Gasteiger partial charge in [0.25, 0.3) is 0 Å². The van der Waals surface area contributed by atoms with Crippen LogP contribution >= 0.6 is 0 Å². The molecule has 0 aromatic rings. The summed E-state index contributed by atoms with van der Waals surface area (Å²) in [6, 6.07) is 0. The van der Waals surface area contributed by atoms with Gasteiger partial charge in [-0.15, -0.1) is 0 Å². The average Bonchev–Trinajstić information content (AvgIpc) is 2.69. The largest absolute Gasteiger partial charge is 0.314 e. The van der Waals surface area contributed by atoms with Crippen molar-refractivity contribution in [3.63, 3.8) is 0 Å². The maximum absolute atomic E-state index is 5.98. The van der Waals surface area contributed by atoms with Crippen molar-refractivity contribution in [1.29, 1.82) is 0 Å². The van der Waals surface area contributed by atoms with Crippen LogP contribution in [0.5, 0.6) is 0 Å². The molecule has 0 rings (SSSR count). The lowest BCUT2D eigenvalue weighted by Crippen LogP contribution is -2.48. The van der Waals surface area contributed by atoms with Gasteiger partial charge in [0.2, 0.25) is 0 Å². The molecule has 0 spiro atoms. The molecule has 0 unspecified atom stereocenters. The zero-order valence-corrected chi connectivity index (χ0v) is 19.9. The van der Waals surface area contributed by atoms with Gasteiger partial charge in [0.05, 0.1) is 5.66 Å². The molecule has 2 nitrogen and oxygen atoms in total. The summed E-state index contributed by atoms with van der Waals surface area (Å²) in [6.45, 7) is 4.38. The number of nitrogens with two attached hydrogens (primary N) is 2. The Morgan fingerprint density at radius 2 is 0.643 bits per heavy atom. The molecule has 28 heavy (non-hydrogen) atoms. The molecule has 0 amide bonds. The van der Waals surface area contributed by atoms with Gasteiger partial charge in [-0.2, -0.15) is 0 Å². The summed E-state index contributed by atoms with van der Waals surface area (Å²) in [4.78, 5) is 0.